The van der Waals surface area contributed by atoms with E-state index in [0.29, 0.717) is 0 Å². The quantitative estimate of drug-likeness (QED) is 0.870. The highest BCUT2D eigenvalue weighted by Gasteiger charge is 2.48. The fourth-order valence-corrected chi connectivity index (χ4v) is 3.26. The van der Waals surface area contributed by atoms with E-state index in [1.807, 2.05) is 44.4 Å². The van der Waals surface area contributed by atoms with Crippen LogP contribution in [0.4, 0.5) is 0 Å². The van der Waals surface area contributed by atoms with Gasteiger partial charge in [0.2, 0.25) is 5.91 Å². The van der Waals surface area contributed by atoms with Crippen LogP contribution >= 0.6 is 11.8 Å². The summed E-state index contributed by atoms with van der Waals surface area (Å²) in [6.45, 7) is 5.10. The first-order valence-corrected chi connectivity index (χ1v) is 7.85. The molecule has 2 atom stereocenters. The molecule has 0 spiro atoms. The minimum absolute atomic E-state index is 0.0858. The Morgan fingerprint density at radius 1 is 1.40 bits per heavy atom. The number of hydrogen-bond donors (Lipinski definition) is 1. The topological polar surface area (TPSA) is 49.8 Å². The standard InChI is InChI=1S/C15H21NO3S/c1-10(18)16-13(9-17)14(19-15(16,2)3)11-5-7-12(20-4)8-6-11/h5-8,13-14,17H,9H2,1-4H3/t13-,14+/m1/s1. The third-order valence-corrected chi connectivity index (χ3v) is 4.39. The molecule has 1 N–H and O–H groups in total. The van der Waals surface area contributed by atoms with E-state index in [2.05, 4.69) is 0 Å². The lowest BCUT2D eigenvalue weighted by Gasteiger charge is -2.31. The van der Waals surface area contributed by atoms with Crippen molar-refractivity contribution in [2.75, 3.05) is 12.9 Å². The summed E-state index contributed by atoms with van der Waals surface area (Å²) in [6.07, 6.45) is 1.73. The monoisotopic (exact) mass is 295 g/mol. The fraction of sp³-hybridized carbons (Fsp3) is 0.533. The van der Waals surface area contributed by atoms with Crippen LogP contribution in [-0.2, 0) is 9.53 Å². The van der Waals surface area contributed by atoms with Crippen molar-refractivity contribution in [1.29, 1.82) is 0 Å². The summed E-state index contributed by atoms with van der Waals surface area (Å²) in [5.74, 6) is -0.0858. The van der Waals surface area contributed by atoms with Gasteiger partial charge in [-0.1, -0.05) is 12.1 Å². The molecule has 5 heteroatoms. The second-order valence-corrected chi connectivity index (χ2v) is 6.28. The molecule has 110 valence electrons. The molecule has 4 nitrogen and oxygen atoms in total. The molecule has 2 rings (SSSR count). The summed E-state index contributed by atoms with van der Waals surface area (Å²) in [6, 6.07) is 7.71. The van der Waals surface area contributed by atoms with Crippen molar-refractivity contribution in [3.63, 3.8) is 0 Å². The van der Waals surface area contributed by atoms with Crippen molar-refractivity contribution in [3.8, 4) is 0 Å². The largest absolute Gasteiger partial charge is 0.394 e. The predicted octanol–water partition coefficient (Wildman–Crippen LogP) is 2.43. The van der Waals surface area contributed by atoms with Gasteiger partial charge in [-0.15, -0.1) is 11.8 Å². The Hall–Kier alpha value is -1.04. The molecule has 0 bridgehead atoms. The van der Waals surface area contributed by atoms with Crippen molar-refractivity contribution in [1.82, 2.24) is 4.90 Å². The zero-order valence-corrected chi connectivity index (χ0v) is 13.1. The molecule has 0 unspecified atom stereocenters. The van der Waals surface area contributed by atoms with Crippen LogP contribution < -0.4 is 0 Å². The minimum Gasteiger partial charge on any atom is -0.394 e. The molecular weight excluding hydrogens is 274 g/mol. The summed E-state index contributed by atoms with van der Waals surface area (Å²) in [7, 11) is 0. The van der Waals surface area contributed by atoms with Gasteiger partial charge in [0.25, 0.3) is 0 Å². The third-order valence-electron chi connectivity index (χ3n) is 3.65. The van der Waals surface area contributed by atoms with E-state index in [0.717, 1.165) is 5.56 Å². The number of hydrogen-bond acceptors (Lipinski definition) is 4. The molecular formula is C15H21NO3S. The zero-order valence-electron chi connectivity index (χ0n) is 12.3. The van der Waals surface area contributed by atoms with E-state index in [9.17, 15) is 9.90 Å². The lowest BCUT2D eigenvalue weighted by Crippen LogP contribution is -2.48. The molecule has 0 radical (unpaired) electrons. The summed E-state index contributed by atoms with van der Waals surface area (Å²) in [5, 5.41) is 9.67. The summed E-state index contributed by atoms with van der Waals surface area (Å²) in [5.41, 5.74) is 0.279. The third kappa shape index (κ3) is 2.71. The van der Waals surface area contributed by atoms with Crippen LogP contribution in [0.25, 0.3) is 0 Å². The number of amides is 1. The number of carbonyl (C=O) groups excluding carboxylic acids is 1. The predicted molar refractivity (Wildman–Crippen MR) is 79.5 cm³/mol. The first kappa shape index (κ1) is 15.4. The molecule has 1 aliphatic heterocycles. The van der Waals surface area contributed by atoms with Gasteiger partial charge >= 0.3 is 0 Å². The normalized spacial score (nSPS) is 24.9. The van der Waals surface area contributed by atoms with Gasteiger partial charge in [0.15, 0.2) is 0 Å². The van der Waals surface area contributed by atoms with Gasteiger partial charge in [-0.25, -0.2) is 0 Å². The molecule has 1 aliphatic rings. The summed E-state index contributed by atoms with van der Waals surface area (Å²) in [4.78, 5) is 14.6. The summed E-state index contributed by atoms with van der Waals surface area (Å²) >= 11 is 1.68. The van der Waals surface area contributed by atoms with E-state index in [-0.39, 0.29) is 24.7 Å². The van der Waals surface area contributed by atoms with E-state index >= 15 is 0 Å². The van der Waals surface area contributed by atoms with Gasteiger partial charge in [0.1, 0.15) is 11.8 Å². The molecule has 20 heavy (non-hydrogen) atoms. The Balaban J connectivity index is 2.33. The van der Waals surface area contributed by atoms with Crippen molar-refractivity contribution in [3.05, 3.63) is 29.8 Å². The number of benzene rings is 1. The minimum atomic E-state index is -0.706. The highest BCUT2D eigenvalue weighted by atomic mass is 32.2. The van der Waals surface area contributed by atoms with Gasteiger partial charge in [-0.05, 0) is 37.8 Å². The maximum atomic E-state index is 11.8. The van der Waals surface area contributed by atoms with Crippen LogP contribution in [-0.4, -0.2) is 40.5 Å². The average Bonchev–Trinajstić information content (AvgIpc) is 2.69. The van der Waals surface area contributed by atoms with E-state index < -0.39 is 5.72 Å². The molecule has 0 aliphatic carbocycles. The Bertz CT molecular complexity index is 486. The summed E-state index contributed by atoms with van der Waals surface area (Å²) < 4.78 is 6.02. The average molecular weight is 295 g/mol. The van der Waals surface area contributed by atoms with E-state index in [1.165, 1.54) is 11.8 Å². The van der Waals surface area contributed by atoms with Gasteiger partial charge in [-0.3, -0.25) is 4.79 Å². The van der Waals surface area contributed by atoms with Crippen molar-refractivity contribution < 1.29 is 14.6 Å². The molecule has 1 heterocycles. The molecule has 1 saturated heterocycles. The van der Waals surface area contributed by atoms with Crippen LogP contribution in [0.15, 0.2) is 29.2 Å². The maximum absolute atomic E-state index is 11.8. The van der Waals surface area contributed by atoms with Crippen molar-refractivity contribution in [2.45, 2.75) is 43.5 Å². The van der Waals surface area contributed by atoms with Gasteiger partial charge in [0, 0.05) is 11.8 Å². The number of rotatable bonds is 3. The first-order chi connectivity index (χ1) is 9.40. The number of aliphatic hydroxyl groups excluding tert-OH is 1. The second kappa shape index (κ2) is 5.76. The van der Waals surface area contributed by atoms with Gasteiger partial charge in [-0.2, -0.15) is 0 Å². The molecule has 1 fully saturated rings. The number of nitrogens with zero attached hydrogens (tertiary/aromatic N) is 1. The second-order valence-electron chi connectivity index (χ2n) is 5.40. The first-order valence-electron chi connectivity index (χ1n) is 6.63. The number of ether oxygens (including phenoxy) is 1. The number of carbonyl (C=O) groups is 1. The van der Waals surface area contributed by atoms with Crippen molar-refractivity contribution in [2.24, 2.45) is 0 Å². The number of thioether (sulfide) groups is 1. The highest BCUT2D eigenvalue weighted by Crippen LogP contribution is 2.41. The van der Waals surface area contributed by atoms with E-state index in [1.54, 1.807) is 16.7 Å². The molecule has 1 amide bonds. The Morgan fingerprint density at radius 3 is 2.45 bits per heavy atom. The Labute approximate surface area is 124 Å². The van der Waals surface area contributed by atoms with Crippen LogP contribution in [0, 0.1) is 0 Å². The van der Waals surface area contributed by atoms with Crippen LogP contribution in [0.1, 0.15) is 32.4 Å². The smallest absolute Gasteiger partial charge is 0.222 e. The maximum Gasteiger partial charge on any atom is 0.222 e. The van der Waals surface area contributed by atoms with Crippen LogP contribution in [0.3, 0.4) is 0 Å². The lowest BCUT2D eigenvalue weighted by molar-refractivity contribution is -0.145. The van der Waals surface area contributed by atoms with Gasteiger partial charge in [0.05, 0.1) is 12.6 Å². The Morgan fingerprint density at radius 2 is 2.00 bits per heavy atom. The molecule has 1 aromatic rings. The number of aliphatic hydroxyl groups is 1. The zero-order chi connectivity index (χ0) is 14.9. The Kier molecular flexibility index (Phi) is 4.42. The fourth-order valence-electron chi connectivity index (χ4n) is 2.85. The van der Waals surface area contributed by atoms with E-state index in [4.69, 9.17) is 4.74 Å². The SMILES string of the molecule is CSc1ccc([C@@H]2OC(C)(C)N(C(C)=O)[C@@H]2CO)cc1. The molecule has 0 saturated carbocycles. The van der Waals surface area contributed by atoms with Crippen LogP contribution in [0.2, 0.25) is 0 Å². The van der Waals surface area contributed by atoms with Crippen LogP contribution in [0.5, 0.6) is 0 Å². The molecule has 1 aromatic carbocycles. The lowest BCUT2D eigenvalue weighted by atomic mass is 10.0. The molecule has 0 aromatic heterocycles. The highest BCUT2D eigenvalue weighted by molar-refractivity contribution is 7.98. The van der Waals surface area contributed by atoms with Gasteiger partial charge < -0.3 is 14.7 Å². The van der Waals surface area contributed by atoms with Crippen molar-refractivity contribution >= 4 is 17.7 Å².